The van der Waals surface area contributed by atoms with Crippen LogP contribution >= 0.6 is 0 Å². The molecule has 2 fully saturated rings. The SMILES string of the molecule is CC(C)[C@H](NC(=O)N[C@H]1CC[C@H](CC2OCCO2)CC1)C(O)(c1ccccc1)c1ccccc1. The van der Waals surface area contributed by atoms with E-state index in [2.05, 4.69) is 10.6 Å². The summed E-state index contributed by atoms with van der Waals surface area (Å²) in [4.78, 5) is 13.1. The highest BCUT2D eigenvalue weighted by Gasteiger charge is 2.43. The fourth-order valence-electron chi connectivity index (χ4n) is 5.39. The molecule has 0 radical (unpaired) electrons. The molecule has 0 spiro atoms. The van der Waals surface area contributed by atoms with E-state index in [1.807, 2.05) is 74.5 Å². The van der Waals surface area contributed by atoms with Crippen molar-refractivity contribution >= 4 is 6.03 Å². The predicted octanol–water partition coefficient (Wildman–Crippen LogP) is 4.57. The van der Waals surface area contributed by atoms with Gasteiger partial charge in [0.1, 0.15) is 5.60 Å². The van der Waals surface area contributed by atoms with Crippen molar-refractivity contribution in [2.45, 2.75) is 69.9 Å². The Labute approximate surface area is 203 Å². The maximum Gasteiger partial charge on any atom is 0.315 e. The van der Waals surface area contributed by atoms with E-state index in [9.17, 15) is 9.90 Å². The van der Waals surface area contributed by atoms with E-state index in [4.69, 9.17) is 9.47 Å². The van der Waals surface area contributed by atoms with Crippen molar-refractivity contribution in [2.75, 3.05) is 13.2 Å². The number of nitrogens with one attached hydrogen (secondary N) is 2. The molecule has 1 aliphatic carbocycles. The second kappa shape index (κ2) is 11.3. The average molecular weight is 467 g/mol. The first kappa shape index (κ1) is 24.7. The molecule has 1 atom stereocenters. The van der Waals surface area contributed by atoms with Gasteiger partial charge in [0, 0.05) is 12.5 Å². The molecule has 2 aliphatic rings. The van der Waals surface area contributed by atoms with Crippen LogP contribution in [0.2, 0.25) is 0 Å². The molecule has 6 heteroatoms. The Morgan fingerprint density at radius 1 is 0.941 bits per heavy atom. The van der Waals surface area contributed by atoms with Crippen LogP contribution in [-0.2, 0) is 15.1 Å². The molecule has 2 amide bonds. The van der Waals surface area contributed by atoms with Crippen molar-refractivity contribution in [1.29, 1.82) is 0 Å². The van der Waals surface area contributed by atoms with Gasteiger partial charge >= 0.3 is 6.03 Å². The number of benzene rings is 2. The fourth-order valence-corrected chi connectivity index (χ4v) is 5.39. The summed E-state index contributed by atoms with van der Waals surface area (Å²) in [6.07, 6.45) is 4.88. The molecule has 4 rings (SSSR count). The van der Waals surface area contributed by atoms with Crippen LogP contribution < -0.4 is 10.6 Å². The van der Waals surface area contributed by atoms with E-state index in [1.54, 1.807) is 0 Å². The number of rotatable bonds is 8. The van der Waals surface area contributed by atoms with E-state index in [1.165, 1.54) is 0 Å². The van der Waals surface area contributed by atoms with Gasteiger partial charge < -0.3 is 25.2 Å². The summed E-state index contributed by atoms with van der Waals surface area (Å²) < 4.78 is 11.2. The second-order valence-electron chi connectivity index (χ2n) is 9.96. The van der Waals surface area contributed by atoms with Gasteiger partial charge in [-0.3, -0.25) is 0 Å². The molecule has 1 saturated carbocycles. The normalized spacial score (nSPS) is 22.5. The van der Waals surface area contributed by atoms with Crippen molar-refractivity contribution < 1.29 is 19.4 Å². The molecule has 2 aromatic rings. The summed E-state index contributed by atoms with van der Waals surface area (Å²) in [5.74, 6) is 0.576. The Morgan fingerprint density at radius 2 is 1.47 bits per heavy atom. The molecule has 0 bridgehead atoms. The van der Waals surface area contributed by atoms with Crippen molar-refractivity contribution in [3.05, 3.63) is 71.8 Å². The summed E-state index contributed by atoms with van der Waals surface area (Å²) in [5, 5.41) is 18.4. The van der Waals surface area contributed by atoms with Gasteiger partial charge in [0.25, 0.3) is 0 Å². The summed E-state index contributed by atoms with van der Waals surface area (Å²) in [5.41, 5.74) is 0.168. The molecule has 2 aromatic carbocycles. The molecule has 3 N–H and O–H groups in total. The van der Waals surface area contributed by atoms with E-state index >= 15 is 0 Å². The monoisotopic (exact) mass is 466 g/mol. The number of hydrogen-bond donors (Lipinski definition) is 3. The van der Waals surface area contributed by atoms with Crippen molar-refractivity contribution in [1.82, 2.24) is 10.6 Å². The highest BCUT2D eigenvalue weighted by Crippen LogP contribution is 2.36. The van der Waals surface area contributed by atoms with E-state index in [-0.39, 0.29) is 24.3 Å². The smallest absolute Gasteiger partial charge is 0.315 e. The van der Waals surface area contributed by atoms with E-state index in [0.717, 1.165) is 43.2 Å². The summed E-state index contributed by atoms with van der Waals surface area (Å²) >= 11 is 0. The Balaban J connectivity index is 1.42. The first-order valence-electron chi connectivity index (χ1n) is 12.6. The third-order valence-electron chi connectivity index (χ3n) is 7.23. The van der Waals surface area contributed by atoms with Crippen LogP contribution in [0.1, 0.15) is 57.1 Å². The predicted molar refractivity (Wildman–Crippen MR) is 132 cm³/mol. The zero-order valence-corrected chi connectivity index (χ0v) is 20.3. The molecule has 6 nitrogen and oxygen atoms in total. The van der Waals surface area contributed by atoms with E-state index in [0.29, 0.717) is 19.1 Å². The fraction of sp³-hybridized carbons (Fsp3) is 0.536. The van der Waals surface area contributed by atoms with Crippen molar-refractivity contribution in [3.8, 4) is 0 Å². The van der Waals surface area contributed by atoms with Crippen LogP contribution in [0.25, 0.3) is 0 Å². The molecular weight excluding hydrogens is 428 g/mol. The highest BCUT2D eigenvalue weighted by atomic mass is 16.7. The van der Waals surface area contributed by atoms with Crippen molar-refractivity contribution in [2.24, 2.45) is 11.8 Å². The van der Waals surface area contributed by atoms with Crippen LogP contribution in [0.4, 0.5) is 4.79 Å². The number of aliphatic hydroxyl groups is 1. The first-order valence-corrected chi connectivity index (χ1v) is 12.6. The third kappa shape index (κ3) is 5.80. The van der Waals surface area contributed by atoms with Crippen LogP contribution in [0.3, 0.4) is 0 Å². The lowest BCUT2D eigenvalue weighted by Crippen LogP contribution is -2.57. The minimum absolute atomic E-state index is 0.00156. The molecule has 0 aromatic heterocycles. The number of carbonyl (C=O) groups is 1. The summed E-state index contributed by atoms with van der Waals surface area (Å²) in [6, 6.07) is 18.6. The molecule has 1 aliphatic heterocycles. The maximum atomic E-state index is 13.1. The van der Waals surface area contributed by atoms with Gasteiger partial charge in [-0.05, 0) is 48.6 Å². The highest BCUT2D eigenvalue weighted by molar-refractivity contribution is 5.75. The van der Waals surface area contributed by atoms with Crippen LogP contribution in [-0.4, -0.2) is 42.7 Å². The molecule has 1 saturated heterocycles. The van der Waals surface area contributed by atoms with Gasteiger partial charge in [0.15, 0.2) is 6.29 Å². The average Bonchev–Trinajstić information content (AvgIpc) is 3.37. The summed E-state index contributed by atoms with van der Waals surface area (Å²) in [6.45, 7) is 5.44. The van der Waals surface area contributed by atoms with Gasteiger partial charge in [0.05, 0.1) is 19.3 Å². The van der Waals surface area contributed by atoms with E-state index < -0.39 is 11.6 Å². The quantitative estimate of drug-likeness (QED) is 0.533. The van der Waals surface area contributed by atoms with Gasteiger partial charge in [-0.15, -0.1) is 0 Å². The Kier molecular flexibility index (Phi) is 8.24. The van der Waals surface area contributed by atoms with Crippen LogP contribution in [0, 0.1) is 11.8 Å². The van der Waals surface area contributed by atoms with Gasteiger partial charge in [-0.2, -0.15) is 0 Å². The zero-order chi connectivity index (χ0) is 24.0. The Hall–Kier alpha value is -2.41. The number of hydrogen-bond acceptors (Lipinski definition) is 4. The molecule has 0 unspecified atom stereocenters. The van der Waals surface area contributed by atoms with Gasteiger partial charge in [0.2, 0.25) is 0 Å². The van der Waals surface area contributed by atoms with Crippen LogP contribution in [0.15, 0.2) is 60.7 Å². The number of ether oxygens (including phenoxy) is 2. The first-order chi connectivity index (χ1) is 16.5. The minimum Gasteiger partial charge on any atom is -0.378 e. The summed E-state index contributed by atoms with van der Waals surface area (Å²) in [7, 11) is 0. The molecular formula is C28H38N2O4. The van der Waals surface area contributed by atoms with Gasteiger partial charge in [-0.1, -0.05) is 74.5 Å². The third-order valence-corrected chi connectivity index (χ3v) is 7.23. The topological polar surface area (TPSA) is 79.8 Å². The second-order valence-corrected chi connectivity index (χ2v) is 9.96. The van der Waals surface area contributed by atoms with Gasteiger partial charge in [-0.25, -0.2) is 4.79 Å². The maximum absolute atomic E-state index is 13.1. The largest absolute Gasteiger partial charge is 0.378 e. The standard InChI is InChI=1S/C28H38N2O4/c1-20(2)26(28(32,22-9-5-3-6-10-22)23-11-7-4-8-12-23)30-27(31)29-24-15-13-21(14-16-24)19-25-33-17-18-34-25/h3-12,20-21,24-26,32H,13-19H2,1-2H3,(H2,29,30,31)/t21-,24-,26-/m0/s1. The number of amides is 2. The van der Waals surface area contributed by atoms with Crippen molar-refractivity contribution in [3.63, 3.8) is 0 Å². The molecule has 34 heavy (non-hydrogen) atoms. The molecule has 1 heterocycles. The van der Waals surface area contributed by atoms with Crippen LogP contribution in [0.5, 0.6) is 0 Å². The lowest BCUT2D eigenvalue weighted by atomic mass is 9.76. The minimum atomic E-state index is -1.35. The zero-order valence-electron chi connectivity index (χ0n) is 20.3. The Bertz CT molecular complexity index is 852. The lowest BCUT2D eigenvalue weighted by molar-refractivity contribution is -0.0601. The number of urea groups is 1. The number of carbonyl (C=O) groups excluding carboxylic acids is 1. The Morgan fingerprint density at radius 3 is 1.97 bits per heavy atom. The molecule has 184 valence electrons. The lowest BCUT2D eigenvalue weighted by Gasteiger charge is -2.40.